The van der Waals surface area contributed by atoms with E-state index < -0.39 is 11.9 Å². The third kappa shape index (κ3) is 2.33. The van der Waals surface area contributed by atoms with Crippen LogP contribution >= 0.6 is 0 Å². The lowest BCUT2D eigenvalue weighted by Crippen LogP contribution is -2.16. The van der Waals surface area contributed by atoms with Crippen LogP contribution in [0.2, 0.25) is 0 Å². The number of aromatic nitrogens is 2. The number of rotatable bonds is 4. The first kappa shape index (κ1) is 12.1. The Kier molecular flexibility index (Phi) is 3.58. The molecule has 2 aromatic rings. The molecule has 1 heterocycles. The van der Waals surface area contributed by atoms with Crippen LogP contribution in [0.4, 0.5) is 0 Å². The lowest BCUT2D eigenvalue weighted by Gasteiger charge is -2.09. The van der Waals surface area contributed by atoms with Gasteiger partial charge in [0.1, 0.15) is 11.7 Å². The molecular weight excluding hydrogens is 230 g/mol. The lowest BCUT2D eigenvalue weighted by atomic mass is 10.1. The molecule has 1 N–H and O–H groups in total. The van der Waals surface area contributed by atoms with Crippen LogP contribution in [-0.2, 0) is 9.53 Å². The van der Waals surface area contributed by atoms with Crippen molar-refractivity contribution in [2.75, 3.05) is 6.61 Å². The highest BCUT2D eigenvalue weighted by Gasteiger charge is 2.25. The molecule has 0 saturated carbocycles. The molecule has 5 nitrogen and oxygen atoms in total. The monoisotopic (exact) mass is 243 g/mol. The van der Waals surface area contributed by atoms with Crippen LogP contribution in [0, 0.1) is 11.3 Å². The minimum atomic E-state index is -0.651. The topological polar surface area (TPSA) is 78.8 Å². The van der Waals surface area contributed by atoms with Gasteiger partial charge >= 0.3 is 5.97 Å². The number of carbonyl (C=O) groups excluding carboxylic acids is 1. The number of hydrogen-bond donors (Lipinski definition) is 1. The molecule has 0 aliphatic rings. The number of benzene rings is 1. The number of hydrogen-bond acceptors (Lipinski definition) is 4. The Morgan fingerprint density at radius 2 is 2.33 bits per heavy atom. The largest absolute Gasteiger partial charge is 0.465 e. The maximum absolute atomic E-state index is 11.8. The molecule has 92 valence electrons. The molecule has 1 atom stereocenters. The van der Waals surface area contributed by atoms with Crippen molar-refractivity contribution in [3.8, 4) is 6.07 Å². The van der Waals surface area contributed by atoms with E-state index in [0.29, 0.717) is 12.4 Å². The van der Waals surface area contributed by atoms with Gasteiger partial charge in [-0.2, -0.15) is 5.26 Å². The Balaban J connectivity index is 2.35. The average Bonchev–Trinajstić information content (AvgIpc) is 2.79. The summed E-state index contributed by atoms with van der Waals surface area (Å²) in [5.41, 5.74) is 1.62. The predicted octanol–water partition coefficient (Wildman–Crippen LogP) is 2.12. The van der Waals surface area contributed by atoms with Gasteiger partial charge in [-0.1, -0.05) is 12.1 Å². The smallest absolute Gasteiger partial charge is 0.317 e. The minimum Gasteiger partial charge on any atom is -0.465 e. The van der Waals surface area contributed by atoms with Gasteiger partial charge in [-0.3, -0.25) is 4.79 Å². The summed E-state index contributed by atoms with van der Waals surface area (Å²) in [6.45, 7) is 2.03. The van der Waals surface area contributed by atoms with Gasteiger partial charge in [-0.15, -0.1) is 0 Å². The van der Waals surface area contributed by atoms with Crippen LogP contribution in [0.15, 0.2) is 24.3 Å². The van der Waals surface area contributed by atoms with E-state index in [1.54, 1.807) is 6.92 Å². The van der Waals surface area contributed by atoms with Gasteiger partial charge < -0.3 is 9.72 Å². The zero-order chi connectivity index (χ0) is 13.0. The van der Waals surface area contributed by atoms with Crippen LogP contribution < -0.4 is 0 Å². The molecule has 2 rings (SSSR count). The number of ether oxygens (including phenoxy) is 1. The first-order chi connectivity index (χ1) is 8.76. The number of nitriles is 1. The zero-order valence-corrected chi connectivity index (χ0v) is 10.0. The highest BCUT2D eigenvalue weighted by Crippen LogP contribution is 2.21. The summed E-state index contributed by atoms with van der Waals surface area (Å²) in [5.74, 6) is -0.586. The van der Waals surface area contributed by atoms with Crippen molar-refractivity contribution in [3.05, 3.63) is 30.1 Å². The molecule has 1 aromatic heterocycles. The second-order valence-corrected chi connectivity index (χ2v) is 3.81. The molecule has 0 fully saturated rings. The molecule has 0 amide bonds. The van der Waals surface area contributed by atoms with Crippen molar-refractivity contribution < 1.29 is 9.53 Å². The second-order valence-electron chi connectivity index (χ2n) is 3.81. The summed E-state index contributed by atoms with van der Waals surface area (Å²) in [4.78, 5) is 19.2. The maximum Gasteiger partial charge on any atom is 0.317 e. The third-order valence-corrected chi connectivity index (χ3v) is 2.60. The lowest BCUT2D eigenvalue weighted by molar-refractivity contribution is -0.145. The molecule has 1 aromatic carbocycles. The summed E-state index contributed by atoms with van der Waals surface area (Å²) < 4.78 is 4.96. The summed E-state index contributed by atoms with van der Waals surface area (Å²) in [6, 6.07) is 9.47. The van der Waals surface area contributed by atoms with E-state index in [1.807, 2.05) is 30.3 Å². The van der Waals surface area contributed by atoms with E-state index in [0.717, 1.165) is 11.0 Å². The zero-order valence-electron chi connectivity index (χ0n) is 10.0. The molecule has 0 saturated heterocycles. The van der Waals surface area contributed by atoms with Gasteiger partial charge in [0.25, 0.3) is 0 Å². The maximum atomic E-state index is 11.8. The Bertz CT molecular complexity index is 565. The number of nitrogens with zero attached hydrogens (tertiary/aromatic N) is 2. The molecule has 0 bridgehead atoms. The first-order valence-corrected chi connectivity index (χ1v) is 5.74. The number of fused-ring (bicyclic) bond motifs is 1. The molecular formula is C13H13N3O2. The summed E-state index contributed by atoms with van der Waals surface area (Å²) in [5, 5.41) is 8.79. The van der Waals surface area contributed by atoms with E-state index in [-0.39, 0.29) is 6.42 Å². The number of nitrogens with one attached hydrogen (secondary N) is 1. The van der Waals surface area contributed by atoms with Crippen LogP contribution in [0.5, 0.6) is 0 Å². The van der Waals surface area contributed by atoms with Crippen molar-refractivity contribution in [3.63, 3.8) is 0 Å². The number of esters is 1. The van der Waals surface area contributed by atoms with Gasteiger partial charge in [-0.25, -0.2) is 4.98 Å². The summed E-state index contributed by atoms with van der Waals surface area (Å²) in [6.07, 6.45) is 0.0542. The summed E-state index contributed by atoms with van der Waals surface area (Å²) >= 11 is 0. The fraction of sp³-hybridized carbons (Fsp3) is 0.308. The SMILES string of the molecule is CCOC(=O)C(CC#N)c1nc2ccccc2[nH]1. The molecule has 0 spiro atoms. The molecule has 0 aliphatic heterocycles. The second kappa shape index (κ2) is 5.32. The molecule has 0 radical (unpaired) electrons. The van der Waals surface area contributed by atoms with Crippen molar-refractivity contribution in [1.82, 2.24) is 9.97 Å². The Morgan fingerprint density at radius 1 is 1.56 bits per heavy atom. The average molecular weight is 243 g/mol. The highest BCUT2D eigenvalue weighted by atomic mass is 16.5. The van der Waals surface area contributed by atoms with Crippen molar-refractivity contribution in [1.29, 1.82) is 5.26 Å². The van der Waals surface area contributed by atoms with Crippen LogP contribution in [0.25, 0.3) is 11.0 Å². The summed E-state index contributed by atoms with van der Waals surface area (Å²) in [7, 11) is 0. The third-order valence-electron chi connectivity index (χ3n) is 2.60. The van der Waals surface area contributed by atoms with E-state index >= 15 is 0 Å². The van der Waals surface area contributed by atoms with Crippen LogP contribution in [0.3, 0.4) is 0 Å². The minimum absolute atomic E-state index is 0.0542. The van der Waals surface area contributed by atoms with E-state index in [9.17, 15) is 4.79 Å². The van der Waals surface area contributed by atoms with Gasteiger partial charge in [0.05, 0.1) is 30.1 Å². The van der Waals surface area contributed by atoms with Crippen molar-refractivity contribution in [2.45, 2.75) is 19.3 Å². The number of aromatic amines is 1. The van der Waals surface area contributed by atoms with Gasteiger partial charge in [0, 0.05) is 0 Å². The van der Waals surface area contributed by atoms with Crippen LogP contribution in [0.1, 0.15) is 25.1 Å². The molecule has 1 unspecified atom stereocenters. The van der Waals surface area contributed by atoms with Crippen molar-refractivity contribution >= 4 is 17.0 Å². The fourth-order valence-electron chi connectivity index (χ4n) is 1.76. The normalized spacial score (nSPS) is 12.0. The quantitative estimate of drug-likeness (QED) is 0.834. The van der Waals surface area contributed by atoms with Gasteiger partial charge in [0.15, 0.2) is 0 Å². The predicted molar refractivity (Wildman–Crippen MR) is 65.7 cm³/mol. The Labute approximate surface area is 104 Å². The number of imidazole rings is 1. The van der Waals surface area contributed by atoms with E-state index in [2.05, 4.69) is 9.97 Å². The number of para-hydroxylation sites is 2. The van der Waals surface area contributed by atoms with E-state index in [4.69, 9.17) is 10.00 Å². The van der Waals surface area contributed by atoms with Gasteiger partial charge in [-0.05, 0) is 19.1 Å². The standard InChI is InChI=1S/C13H13N3O2/c1-2-18-13(17)9(7-8-14)12-15-10-5-3-4-6-11(10)16-12/h3-6,9H,2,7H2,1H3,(H,15,16). The molecule has 0 aliphatic carbocycles. The van der Waals surface area contributed by atoms with Crippen molar-refractivity contribution in [2.24, 2.45) is 0 Å². The van der Waals surface area contributed by atoms with Crippen LogP contribution in [-0.4, -0.2) is 22.5 Å². The first-order valence-electron chi connectivity index (χ1n) is 5.74. The molecule has 5 heteroatoms. The fourth-order valence-corrected chi connectivity index (χ4v) is 1.76. The molecule has 18 heavy (non-hydrogen) atoms. The van der Waals surface area contributed by atoms with Gasteiger partial charge in [0.2, 0.25) is 0 Å². The Hall–Kier alpha value is -2.35. The Morgan fingerprint density at radius 3 is 3.00 bits per heavy atom. The van der Waals surface area contributed by atoms with E-state index in [1.165, 1.54) is 0 Å². The number of H-pyrrole nitrogens is 1. The number of carbonyl (C=O) groups is 1. The highest BCUT2D eigenvalue weighted by molar-refractivity contribution is 5.80.